The Hall–Kier alpha value is -1.64. The molecule has 0 amide bonds. The first kappa shape index (κ1) is 11.4. The lowest BCUT2D eigenvalue weighted by Gasteiger charge is -2.16. The first-order chi connectivity index (χ1) is 7.19. The highest BCUT2D eigenvalue weighted by Crippen LogP contribution is 2.29. The Labute approximate surface area is 90.9 Å². The number of hydrogen-bond donors (Lipinski definition) is 2. The average Bonchev–Trinajstić information content (AvgIpc) is 2.21. The van der Waals surface area contributed by atoms with Crippen molar-refractivity contribution in [3.8, 4) is 5.75 Å². The van der Waals surface area contributed by atoms with E-state index in [4.69, 9.17) is 10.5 Å². The maximum Gasteiger partial charge on any atom is 0.143 e. The monoisotopic (exact) mass is 206 g/mol. The van der Waals surface area contributed by atoms with E-state index >= 15 is 0 Å². The topological polar surface area (TPSA) is 47.3 Å². The van der Waals surface area contributed by atoms with Crippen LogP contribution in [0.4, 0.5) is 11.4 Å². The zero-order valence-electron chi connectivity index (χ0n) is 9.29. The second-order valence-corrected chi connectivity index (χ2v) is 3.49. The van der Waals surface area contributed by atoms with Crippen LogP contribution in [-0.4, -0.2) is 13.2 Å². The Balaban J connectivity index is 2.80. The van der Waals surface area contributed by atoms with Crippen LogP contribution in [0.15, 0.2) is 30.9 Å². The van der Waals surface area contributed by atoms with Gasteiger partial charge in [0.1, 0.15) is 5.75 Å². The van der Waals surface area contributed by atoms with Crippen LogP contribution in [-0.2, 0) is 0 Å². The van der Waals surface area contributed by atoms with Gasteiger partial charge in [0, 0.05) is 6.04 Å². The minimum atomic E-state index is 0.317. The summed E-state index contributed by atoms with van der Waals surface area (Å²) in [5.74, 6) is 0.700. The van der Waals surface area contributed by atoms with Gasteiger partial charge in [-0.05, 0) is 25.5 Å². The van der Waals surface area contributed by atoms with E-state index in [1.54, 1.807) is 7.11 Å². The van der Waals surface area contributed by atoms with E-state index in [1.165, 1.54) is 0 Å². The normalized spacial score (nSPS) is 11.9. The average molecular weight is 206 g/mol. The smallest absolute Gasteiger partial charge is 0.143 e. The van der Waals surface area contributed by atoms with E-state index in [-0.39, 0.29) is 0 Å². The van der Waals surface area contributed by atoms with Crippen LogP contribution >= 0.6 is 0 Å². The van der Waals surface area contributed by atoms with Gasteiger partial charge in [-0.25, -0.2) is 0 Å². The van der Waals surface area contributed by atoms with E-state index in [9.17, 15) is 0 Å². The van der Waals surface area contributed by atoms with Gasteiger partial charge in [-0.15, -0.1) is 6.58 Å². The van der Waals surface area contributed by atoms with Crippen molar-refractivity contribution >= 4 is 11.4 Å². The van der Waals surface area contributed by atoms with E-state index in [2.05, 4.69) is 18.8 Å². The van der Waals surface area contributed by atoms with Crippen LogP contribution in [0.25, 0.3) is 0 Å². The van der Waals surface area contributed by atoms with Crippen molar-refractivity contribution < 1.29 is 4.74 Å². The Morgan fingerprint density at radius 2 is 2.33 bits per heavy atom. The summed E-state index contributed by atoms with van der Waals surface area (Å²) < 4.78 is 5.14. The van der Waals surface area contributed by atoms with E-state index in [1.807, 2.05) is 24.3 Å². The van der Waals surface area contributed by atoms with Gasteiger partial charge in [0.15, 0.2) is 0 Å². The summed E-state index contributed by atoms with van der Waals surface area (Å²) >= 11 is 0. The molecule has 0 aliphatic carbocycles. The quantitative estimate of drug-likeness (QED) is 0.575. The van der Waals surface area contributed by atoms with Crippen molar-refractivity contribution in [3.63, 3.8) is 0 Å². The first-order valence-corrected chi connectivity index (χ1v) is 4.99. The molecule has 0 radical (unpaired) electrons. The molecule has 0 fully saturated rings. The number of hydrogen-bond acceptors (Lipinski definition) is 3. The summed E-state index contributed by atoms with van der Waals surface area (Å²) in [5, 5.41) is 3.31. The molecule has 82 valence electrons. The van der Waals surface area contributed by atoms with Crippen LogP contribution in [0, 0.1) is 0 Å². The van der Waals surface area contributed by atoms with E-state index in [0.29, 0.717) is 17.5 Å². The molecule has 0 saturated carbocycles. The Kier molecular flexibility index (Phi) is 4.03. The van der Waals surface area contributed by atoms with E-state index in [0.717, 1.165) is 12.1 Å². The Morgan fingerprint density at radius 1 is 1.60 bits per heavy atom. The Morgan fingerprint density at radius 3 is 2.93 bits per heavy atom. The number of rotatable bonds is 5. The lowest BCUT2D eigenvalue weighted by atomic mass is 10.2. The highest BCUT2D eigenvalue weighted by Gasteiger charge is 2.06. The zero-order valence-corrected chi connectivity index (χ0v) is 9.29. The molecule has 0 saturated heterocycles. The number of nitrogens with two attached hydrogens (primary N) is 1. The molecule has 15 heavy (non-hydrogen) atoms. The first-order valence-electron chi connectivity index (χ1n) is 4.99. The molecule has 0 heterocycles. The molecule has 1 aromatic rings. The van der Waals surface area contributed by atoms with Crippen LogP contribution in [0.2, 0.25) is 0 Å². The molecule has 0 aliphatic rings. The molecule has 3 heteroatoms. The molecular weight excluding hydrogens is 188 g/mol. The lowest BCUT2D eigenvalue weighted by molar-refractivity contribution is 0.417. The fourth-order valence-corrected chi connectivity index (χ4v) is 1.42. The van der Waals surface area contributed by atoms with Gasteiger partial charge in [0.05, 0.1) is 18.5 Å². The minimum absolute atomic E-state index is 0.317. The Bertz CT molecular complexity index is 336. The molecule has 1 unspecified atom stereocenters. The second kappa shape index (κ2) is 5.29. The molecular formula is C12H18N2O. The zero-order chi connectivity index (χ0) is 11.3. The third-order valence-electron chi connectivity index (χ3n) is 2.21. The van der Waals surface area contributed by atoms with Crippen LogP contribution < -0.4 is 15.8 Å². The van der Waals surface area contributed by atoms with Crippen LogP contribution in [0.3, 0.4) is 0 Å². The minimum Gasteiger partial charge on any atom is -0.495 e. The number of ether oxygens (including phenoxy) is 1. The molecule has 1 atom stereocenters. The van der Waals surface area contributed by atoms with Gasteiger partial charge >= 0.3 is 0 Å². The number of methoxy groups -OCH3 is 1. The van der Waals surface area contributed by atoms with Gasteiger partial charge in [-0.3, -0.25) is 0 Å². The third-order valence-corrected chi connectivity index (χ3v) is 2.21. The van der Waals surface area contributed by atoms with Gasteiger partial charge in [-0.2, -0.15) is 0 Å². The molecule has 3 N–H and O–H groups in total. The predicted octanol–water partition coefficient (Wildman–Crippen LogP) is 2.65. The maximum absolute atomic E-state index is 5.92. The van der Waals surface area contributed by atoms with E-state index < -0.39 is 0 Å². The molecule has 0 aromatic heterocycles. The third kappa shape index (κ3) is 2.91. The standard InChI is InChI=1S/C12H18N2O/c1-4-6-9(2)14-10-7-5-8-11(15-3)12(10)13/h4-5,7-9,14H,1,6,13H2,2-3H3. The van der Waals surface area contributed by atoms with Crippen LogP contribution in [0.5, 0.6) is 5.75 Å². The van der Waals surface area contributed by atoms with Gasteiger partial charge in [0.2, 0.25) is 0 Å². The molecule has 3 nitrogen and oxygen atoms in total. The fourth-order valence-electron chi connectivity index (χ4n) is 1.42. The summed E-state index contributed by atoms with van der Waals surface area (Å²) in [5.41, 5.74) is 7.48. The van der Waals surface area contributed by atoms with Crippen molar-refractivity contribution in [2.45, 2.75) is 19.4 Å². The number of anilines is 2. The molecule has 1 aromatic carbocycles. The highest BCUT2D eigenvalue weighted by molar-refractivity contribution is 5.73. The maximum atomic E-state index is 5.92. The predicted molar refractivity (Wildman–Crippen MR) is 65.3 cm³/mol. The summed E-state index contributed by atoms with van der Waals surface area (Å²) in [6.45, 7) is 5.79. The summed E-state index contributed by atoms with van der Waals surface area (Å²) in [6, 6.07) is 6.02. The number of nitrogens with one attached hydrogen (secondary N) is 1. The molecule has 0 aliphatic heterocycles. The van der Waals surface area contributed by atoms with Crippen molar-refractivity contribution in [3.05, 3.63) is 30.9 Å². The van der Waals surface area contributed by atoms with Gasteiger partial charge < -0.3 is 15.8 Å². The fraction of sp³-hybridized carbons (Fsp3) is 0.333. The molecule has 0 bridgehead atoms. The van der Waals surface area contributed by atoms with Crippen molar-refractivity contribution in [1.29, 1.82) is 0 Å². The summed E-state index contributed by atoms with van der Waals surface area (Å²) in [6.07, 6.45) is 2.78. The largest absolute Gasteiger partial charge is 0.495 e. The number of benzene rings is 1. The van der Waals surface area contributed by atoms with Crippen molar-refractivity contribution in [2.24, 2.45) is 0 Å². The number of para-hydroxylation sites is 1. The van der Waals surface area contributed by atoms with Crippen molar-refractivity contribution in [1.82, 2.24) is 0 Å². The van der Waals surface area contributed by atoms with Crippen molar-refractivity contribution in [2.75, 3.05) is 18.2 Å². The SMILES string of the molecule is C=CCC(C)Nc1cccc(OC)c1N. The summed E-state index contributed by atoms with van der Waals surface area (Å²) in [4.78, 5) is 0. The van der Waals surface area contributed by atoms with Crippen LogP contribution in [0.1, 0.15) is 13.3 Å². The summed E-state index contributed by atoms with van der Waals surface area (Å²) in [7, 11) is 1.61. The number of nitrogen functional groups attached to an aromatic ring is 1. The highest BCUT2D eigenvalue weighted by atomic mass is 16.5. The lowest BCUT2D eigenvalue weighted by Crippen LogP contribution is -2.15. The molecule has 0 spiro atoms. The second-order valence-electron chi connectivity index (χ2n) is 3.49. The van der Waals surface area contributed by atoms with Gasteiger partial charge in [0.25, 0.3) is 0 Å². The molecule has 1 rings (SSSR count). The van der Waals surface area contributed by atoms with Gasteiger partial charge in [-0.1, -0.05) is 12.1 Å².